The van der Waals surface area contributed by atoms with E-state index in [0.717, 1.165) is 30.4 Å². The number of fused-ring (bicyclic) bond motifs is 1. The molecule has 5 heteroatoms. The summed E-state index contributed by atoms with van der Waals surface area (Å²) in [5, 5.41) is 28.5. The summed E-state index contributed by atoms with van der Waals surface area (Å²) in [6.07, 6.45) is 4.61. The van der Waals surface area contributed by atoms with Gasteiger partial charge in [-0.2, -0.15) is 10.5 Å². The number of esters is 1. The van der Waals surface area contributed by atoms with Crippen LogP contribution in [0.25, 0.3) is 0 Å². The van der Waals surface area contributed by atoms with E-state index in [-0.39, 0.29) is 18.2 Å². The van der Waals surface area contributed by atoms with E-state index < -0.39 is 23.2 Å². The lowest BCUT2D eigenvalue weighted by molar-refractivity contribution is -0.150. The van der Waals surface area contributed by atoms with Gasteiger partial charge in [-0.3, -0.25) is 0 Å². The molecule has 0 spiro atoms. The maximum Gasteiger partial charge on any atom is 0.333 e. The average molecular weight is 347 g/mol. The molecule has 1 fully saturated rings. The van der Waals surface area contributed by atoms with Crippen molar-refractivity contribution in [2.24, 2.45) is 17.3 Å². The van der Waals surface area contributed by atoms with Gasteiger partial charge in [0.25, 0.3) is 0 Å². The number of carbonyl (C=O) groups is 1. The first-order valence-electron chi connectivity index (χ1n) is 8.93. The van der Waals surface area contributed by atoms with Crippen LogP contribution in [-0.2, 0) is 9.53 Å². The Kier molecular flexibility index (Phi) is 4.91. The maximum atomic E-state index is 13.0. The molecule has 0 amide bonds. The Bertz CT molecular complexity index is 831. The number of nitrogens with zero attached hydrogens (tertiary/aromatic N) is 2. The summed E-state index contributed by atoms with van der Waals surface area (Å²) in [4.78, 5) is 13.0. The molecule has 5 nitrogen and oxygen atoms in total. The number of benzene rings is 1. The van der Waals surface area contributed by atoms with Gasteiger partial charge in [0.15, 0.2) is 0 Å². The minimum absolute atomic E-state index is 0.117. The molecule has 1 N–H and O–H groups in total. The molecule has 132 valence electrons. The first kappa shape index (κ1) is 17.9. The van der Waals surface area contributed by atoms with Crippen molar-refractivity contribution in [2.75, 3.05) is 6.61 Å². The van der Waals surface area contributed by atoms with Crippen molar-refractivity contribution in [3.05, 3.63) is 47.5 Å². The van der Waals surface area contributed by atoms with Gasteiger partial charge in [-0.05, 0) is 43.2 Å². The molecule has 0 radical (unpaired) electrons. The third-order valence-corrected chi connectivity index (χ3v) is 5.50. The summed E-state index contributed by atoms with van der Waals surface area (Å²) in [5.74, 6) is -2.19. The summed E-state index contributed by atoms with van der Waals surface area (Å²) in [5.41, 5.74) is -0.204. The van der Waals surface area contributed by atoms with Gasteiger partial charge in [0.05, 0.1) is 24.5 Å². The zero-order valence-electron chi connectivity index (χ0n) is 14.7. The number of nitriles is 2. The molecule has 0 bridgehead atoms. The summed E-state index contributed by atoms with van der Waals surface area (Å²) < 4.78 is 5.24. The first-order chi connectivity index (χ1) is 12.6. The van der Waals surface area contributed by atoms with Crippen LogP contribution in [0.15, 0.2) is 42.0 Å². The standard InChI is InChI=1S/C21H21N3O2/c1-2-26-20(25)21(13-23)18(14-8-4-3-5-9-14)16-11-7-6-10-15(16)17(12-22)19(21)24/h3-5,8-10,16-18,24H,2,6-7,11H2,1H3/t16-,17-,18+,21-/m1/s1. The van der Waals surface area contributed by atoms with E-state index in [0.29, 0.717) is 0 Å². The fraction of sp³-hybridized carbons (Fsp3) is 0.429. The maximum absolute atomic E-state index is 13.0. The van der Waals surface area contributed by atoms with Crippen molar-refractivity contribution in [3.8, 4) is 12.1 Å². The van der Waals surface area contributed by atoms with Gasteiger partial charge >= 0.3 is 5.97 Å². The zero-order chi connectivity index (χ0) is 18.7. The topological polar surface area (TPSA) is 97.7 Å². The second-order valence-corrected chi connectivity index (χ2v) is 6.75. The van der Waals surface area contributed by atoms with Crippen molar-refractivity contribution in [3.63, 3.8) is 0 Å². The lowest BCUT2D eigenvalue weighted by Gasteiger charge is -2.47. The molecule has 1 aromatic rings. The number of carbonyl (C=O) groups excluding carboxylic acids is 1. The lowest BCUT2D eigenvalue weighted by Crippen LogP contribution is -2.54. The Hall–Kier alpha value is -2.92. The van der Waals surface area contributed by atoms with Gasteiger partial charge < -0.3 is 10.1 Å². The van der Waals surface area contributed by atoms with Gasteiger partial charge in [0, 0.05) is 5.92 Å². The van der Waals surface area contributed by atoms with Crippen molar-refractivity contribution in [1.29, 1.82) is 15.9 Å². The quantitative estimate of drug-likeness (QED) is 0.665. The van der Waals surface area contributed by atoms with E-state index in [9.17, 15) is 15.3 Å². The Morgan fingerprint density at radius 1 is 1.35 bits per heavy atom. The van der Waals surface area contributed by atoms with Crippen LogP contribution in [0.1, 0.15) is 37.7 Å². The molecule has 2 aliphatic carbocycles. The van der Waals surface area contributed by atoms with Crippen LogP contribution < -0.4 is 0 Å². The van der Waals surface area contributed by atoms with Gasteiger partial charge in [0.2, 0.25) is 5.41 Å². The molecule has 1 aromatic carbocycles. The highest BCUT2D eigenvalue weighted by molar-refractivity contribution is 6.13. The van der Waals surface area contributed by atoms with E-state index in [1.54, 1.807) is 6.92 Å². The van der Waals surface area contributed by atoms with E-state index in [2.05, 4.69) is 12.1 Å². The predicted molar refractivity (Wildman–Crippen MR) is 96.1 cm³/mol. The first-order valence-corrected chi connectivity index (χ1v) is 8.93. The minimum Gasteiger partial charge on any atom is -0.464 e. The van der Waals surface area contributed by atoms with Crippen LogP contribution in [0, 0.1) is 45.3 Å². The largest absolute Gasteiger partial charge is 0.464 e. The van der Waals surface area contributed by atoms with Crippen LogP contribution in [-0.4, -0.2) is 18.3 Å². The lowest BCUT2D eigenvalue weighted by atomic mass is 9.52. The molecule has 0 heterocycles. The summed E-state index contributed by atoms with van der Waals surface area (Å²) >= 11 is 0. The van der Waals surface area contributed by atoms with E-state index in [4.69, 9.17) is 10.1 Å². The highest BCUT2D eigenvalue weighted by Gasteiger charge is 2.61. The highest BCUT2D eigenvalue weighted by Crippen LogP contribution is 2.55. The van der Waals surface area contributed by atoms with Crippen LogP contribution >= 0.6 is 0 Å². The Balaban J connectivity index is 2.27. The van der Waals surface area contributed by atoms with E-state index >= 15 is 0 Å². The van der Waals surface area contributed by atoms with E-state index in [1.165, 1.54) is 0 Å². The normalized spacial score (nSPS) is 30.3. The molecule has 3 rings (SSSR count). The van der Waals surface area contributed by atoms with Gasteiger partial charge in [-0.15, -0.1) is 0 Å². The highest BCUT2D eigenvalue weighted by atomic mass is 16.5. The summed E-state index contributed by atoms with van der Waals surface area (Å²) in [6, 6.07) is 13.7. The van der Waals surface area contributed by atoms with Crippen LogP contribution in [0.3, 0.4) is 0 Å². The Labute approximate surface area is 153 Å². The molecular formula is C21H21N3O2. The third kappa shape index (κ3) is 2.52. The van der Waals surface area contributed by atoms with Gasteiger partial charge in [-0.25, -0.2) is 4.79 Å². The Morgan fingerprint density at radius 2 is 2.08 bits per heavy atom. The van der Waals surface area contributed by atoms with Crippen LogP contribution in [0.4, 0.5) is 0 Å². The monoisotopic (exact) mass is 347 g/mol. The molecule has 0 unspecified atom stereocenters. The second-order valence-electron chi connectivity index (χ2n) is 6.75. The van der Waals surface area contributed by atoms with Crippen molar-refractivity contribution in [2.45, 2.75) is 32.1 Å². The fourth-order valence-corrected chi connectivity index (χ4v) is 4.42. The van der Waals surface area contributed by atoms with Crippen LogP contribution in [0.5, 0.6) is 0 Å². The van der Waals surface area contributed by atoms with Crippen LogP contribution in [0.2, 0.25) is 0 Å². The Morgan fingerprint density at radius 3 is 2.69 bits per heavy atom. The SMILES string of the molecule is CCOC(=O)[C@@]1(C#N)C(=N)[C@H](C#N)C2=CCCC[C@H]2[C@@H]1c1ccccc1. The smallest absolute Gasteiger partial charge is 0.333 e. The van der Waals surface area contributed by atoms with E-state index in [1.807, 2.05) is 36.4 Å². The number of hydrogen-bond acceptors (Lipinski definition) is 5. The summed E-state index contributed by atoms with van der Waals surface area (Å²) in [6.45, 7) is 1.81. The van der Waals surface area contributed by atoms with Crippen molar-refractivity contribution >= 4 is 11.7 Å². The molecule has 26 heavy (non-hydrogen) atoms. The number of hydrogen-bond donors (Lipinski definition) is 1. The molecule has 1 saturated carbocycles. The molecule has 2 aliphatic rings. The average Bonchev–Trinajstić information content (AvgIpc) is 2.68. The van der Waals surface area contributed by atoms with Crippen molar-refractivity contribution < 1.29 is 9.53 Å². The minimum atomic E-state index is -1.77. The second kappa shape index (κ2) is 7.14. The van der Waals surface area contributed by atoms with Crippen molar-refractivity contribution in [1.82, 2.24) is 0 Å². The third-order valence-electron chi connectivity index (χ3n) is 5.50. The molecule has 0 aromatic heterocycles. The summed E-state index contributed by atoms with van der Waals surface area (Å²) in [7, 11) is 0. The number of ether oxygens (including phenoxy) is 1. The predicted octanol–water partition coefficient (Wildman–Crippen LogP) is 3.74. The molecule has 0 saturated heterocycles. The number of allylic oxidation sites excluding steroid dienone is 2. The van der Waals surface area contributed by atoms with Gasteiger partial charge in [0.1, 0.15) is 5.92 Å². The molecule has 4 atom stereocenters. The number of nitrogens with one attached hydrogen (secondary N) is 1. The molecule has 0 aliphatic heterocycles. The fourth-order valence-electron chi connectivity index (χ4n) is 4.42. The van der Waals surface area contributed by atoms with Gasteiger partial charge in [-0.1, -0.05) is 36.4 Å². The zero-order valence-corrected chi connectivity index (χ0v) is 14.7. The molecular weight excluding hydrogens is 326 g/mol. The number of rotatable bonds is 3.